The number of phenols is 1. The first-order chi connectivity index (χ1) is 13.6. The molecule has 0 saturated carbocycles. The van der Waals surface area contributed by atoms with Gasteiger partial charge in [0, 0.05) is 5.56 Å². The third-order valence-corrected chi connectivity index (χ3v) is 4.78. The number of nitrogens with zero attached hydrogens (tertiary/aromatic N) is 1. The molecule has 0 fully saturated rings. The maximum atomic E-state index is 10.2. The van der Waals surface area contributed by atoms with Crippen LogP contribution in [0.5, 0.6) is 28.7 Å². The van der Waals surface area contributed by atoms with Gasteiger partial charge < -0.3 is 29.3 Å². The SMILES string of the molecule is COc1ccc(C2=C/C(=N/O)CCc3c2cc(OC)c(OC)c3OC)cc1O. The van der Waals surface area contributed by atoms with Crippen molar-refractivity contribution in [2.75, 3.05) is 28.4 Å². The number of hydrogen-bond donors (Lipinski definition) is 2. The Morgan fingerprint density at radius 1 is 0.857 bits per heavy atom. The number of hydrogen-bond acceptors (Lipinski definition) is 7. The molecule has 2 aromatic carbocycles. The topological polar surface area (TPSA) is 89.7 Å². The Bertz CT molecular complexity index is 948. The van der Waals surface area contributed by atoms with Crippen LogP contribution in [0.4, 0.5) is 0 Å². The monoisotopic (exact) mass is 385 g/mol. The average Bonchev–Trinajstić information content (AvgIpc) is 2.91. The Morgan fingerprint density at radius 2 is 1.57 bits per heavy atom. The summed E-state index contributed by atoms with van der Waals surface area (Å²) in [7, 11) is 6.19. The van der Waals surface area contributed by atoms with Crippen LogP contribution in [0.3, 0.4) is 0 Å². The Balaban J connectivity index is 2.30. The molecule has 0 spiro atoms. The highest BCUT2D eigenvalue weighted by Crippen LogP contribution is 2.47. The zero-order valence-corrected chi connectivity index (χ0v) is 16.3. The highest BCUT2D eigenvalue weighted by molar-refractivity contribution is 6.05. The predicted molar refractivity (Wildman–Crippen MR) is 105 cm³/mol. The molecule has 0 heterocycles. The zero-order chi connectivity index (χ0) is 20.3. The molecule has 7 nitrogen and oxygen atoms in total. The summed E-state index contributed by atoms with van der Waals surface area (Å²) >= 11 is 0. The molecule has 1 aliphatic rings. The van der Waals surface area contributed by atoms with E-state index < -0.39 is 0 Å². The molecule has 0 aromatic heterocycles. The van der Waals surface area contributed by atoms with Gasteiger partial charge in [0.2, 0.25) is 5.75 Å². The van der Waals surface area contributed by atoms with Gasteiger partial charge in [-0.3, -0.25) is 0 Å². The molecule has 148 valence electrons. The van der Waals surface area contributed by atoms with E-state index in [1.165, 1.54) is 7.11 Å². The zero-order valence-electron chi connectivity index (χ0n) is 16.3. The summed E-state index contributed by atoms with van der Waals surface area (Å²) in [5.74, 6) is 1.98. The number of methoxy groups -OCH3 is 4. The summed E-state index contributed by atoms with van der Waals surface area (Å²) in [6, 6.07) is 6.99. The van der Waals surface area contributed by atoms with Gasteiger partial charge >= 0.3 is 0 Å². The van der Waals surface area contributed by atoms with Gasteiger partial charge in [-0.05, 0) is 53.8 Å². The maximum absolute atomic E-state index is 10.2. The Morgan fingerprint density at radius 3 is 2.14 bits per heavy atom. The quantitative estimate of drug-likeness (QED) is 0.603. The smallest absolute Gasteiger partial charge is 0.203 e. The minimum Gasteiger partial charge on any atom is -0.504 e. The lowest BCUT2D eigenvalue weighted by atomic mass is 9.92. The van der Waals surface area contributed by atoms with Gasteiger partial charge in [-0.25, -0.2) is 0 Å². The molecule has 2 aromatic rings. The molecule has 0 bridgehead atoms. The van der Waals surface area contributed by atoms with Gasteiger partial charge in [0.25, 0.3) is 0 Å². The lowest BCUT2D eigenvalue weighted by Gasteiger charge is -2.20. The molecule has 7 heteroatoms. The van der Waals surface area contributed by atoms with E-state index in [4.69, 9.17) is 18.9 Å². The van der Waals surface area contributed by atoms with Crippen LogP contribution in [0.15, 0.2) is 35.5 Å². The van der Waals surface area contributed by atoms with Crippen LogP contribution in [0.2, 0.25) is 0 Å². The lowest BCUT2D eigenvalue weighted by molar-refractivity contribution is 0.317. The van der Waals surface area contributed by atoms with Crippen LogP contribution < -0.4 is 18.9 Å². The number of rotatable bonds is 5. The molecule has 0 radical (unpaired) electrons. The van der Waals surface area contributed by atoms with E-state index in [1.807, 2.05) is 12.1 Å². The molecule has 28 heavy (non-hydrogen) atoms. The first-order valence-corrected chi connectivity index (χ1v) is 8.70. The Labute approximate surface area is 163 Å². The molecule has 0 saturated heterocycles. The van der Waals surface area contributed by atoms with Crippen molar-refractivity contribution in [3.8, 4) is 28.7 Å². The number of aromatic hydroxyl groups is 1. The fraction of sp³-hybridized carbons (Fsp3) is 0.286. The van der Waals surface area contributed by atoms with Gasteiger partial charge in [0.15, 0.2) is 23.0 Å². The molecule has 1 aliphatic carbocycles. The fourth-order valence-corrected chi connectivity index (χ4v) is 3.45. The van der Waals surface area contributed by atoms with Crippen molar-refractivity contribution < 1.29 is 29.3 Å². The van der Waals surface area contributed by atoms with Gasteiger partial charge in [-0.2, -0.15) is 0 Å². The van der Waals surface area contributed by atoms with Gasteiger partial charge in [0.1, 0.15) is 0 Å². The van der Waals surface area contributed by atoms with Crippen LogP contribution in [0.25, 0.3) is 5.57 Å². The molecule has 0 amide bonds. The maximum Gasteiger partial charge on any atom is 0.203 e. The normalized spacial score (nSPS) is 14.7. The minimum absolute atomic E-state index is 0.0154. The minimum atomic E-state index is 0.0154. The lowest BCUT2D eigenvalue weighted by Crippen LogP contribution is -2.03. The molecular weight excluding hydrogens is 362 g/mol. The second kappa shape index (κ2) is 8.12. The molecule has 0 atom stereocenters. The van der Waals surface area contributed by atoms with E-state index in [1.54, 1.807) is 39.5 Å². The second-order valence-electron chi connectivity index (χ2n) is 6.21. The van der Waals surface area contributed by atoms with Crippen LogP contribution >= 0.6 is 0 Å². The second-order valence-corrected chi connectivity index (χ2v) is 6.21. The predicted octanol–water partition coefficient (Wildman–Crippen LogP) is 3.63. The number of ether oxygens (including phenoxy) is 4. The number of allylic oxidation sites excluding steroid dienone is 1. The fourth-order valence-electron chi connectivity index (χ4n) is 3.45. The number of fused-ring (bicyclic) bond motifs is 1. The van der Waals surface area contributed by atoms with Crippen LogP contribution in [-0.2, 0) is 6.42 Å². The number of benzene rings is 2. The Hall–Kier alpha value is -3.35. The highest BCUT2D eigenvalue weighted by Gasteiger charge is 2.26. The number of phenolic OH excluding ortho intramolecular Hbond substituents is 1. The summed E-state index contributed by atoms with van der Waals surface area (Å²) in [5.41, 5.74) is 3.76. The molecule has 0 aliphatic heterocycles. The first-order valence-electron chi connectivity index (χ1n) is 8.70. The largest absolute Gasteiger partial charge is 0.504 e. The van der Waals surface area contributed by atoms with Crippen molar-refractivity contribution in [3.05, 3.63) is 47.0 Å². The number of oxime groups is 1. The van der Waals surface area contributed by atoms with Crippen molar-refractivity contribution in [2.45, 2.75) is 12.8 Å². The summed E-state index contributed by atoms with van der Waals surface area (Å²) < 4.78 is 21.8. The van der Waals surface area contributed by atoms with E-state index in [2.05, 4.69) is 5.16 Å². The van der Waals surface area contributed by atoms with Crippen LogP contribution in [0.1, 0.15) is 23.1 Å². The van der Waals surface area contributed by atoms with Crippen molar-refractivity contribution >= 4 is 11.3 Å². The summed E-state index contributed by atoms with van der Waals surface area (Å²) in [6.07, 6.45) is 2.89. The summed E-state index contributed by atoms with van der Waals surface area (Å²) in [5, 5.41) is 23.1. The average molecular weight is 385 g/mol. The highest BCUT2D eigenvalue weighted by atomic mass is 16.5. The van der Waals surface area contributed by atoms with E-state index in [0.717, 1.165) is 22.3 Å². The van der Waals surface area contributed by atoms with Crippen LogP contribution in [0, 0.1) is 0 Å². The van der Waals surface area contributed by atoms with Gasteiger partial charge in [-0.15, -0.1) is 0 Å². The first kappa shape index (κ1) is 19.4. The van der Waals surface area contributed by atoms with Crippen molar-refractivity contribution in [2.24, 2.45) is 5.16 Å². The van der Waals surface area contributed by atoms with Crippen molar-refractivity contribution in [1.82, 2.24) is 0 Å². The molecule has 2 N–H and O–H groups in total. The molecule has 0 unspecified atom stereocenters. The van der Waals surface area contributed by atoms with E-state index in [0.29, 0.717) is 41.6 Å². The summed E-state index contributed by atoms with van der Waals surface area (Å²) in [6.45, 7) is 0. The standard InChI is InChI=1S/C21H23NO6/c1-25-18-8-5-12(9-17(18)23)15-10-13(22-24)6-7-14-16(15)11-19(26-2)21(28-4)20(14)27-3/h5,8-11,23-24H,6-7H2,1-4H3/b22-13+. The van der Waals surface area contributed by atoms with E-state index >= 15 is 0 Å². The third-order valence-electron chi connectivity index (χ3n) is 4.78. The van der Waals surface area contributed by atoms with Gasteiger partial charge in [0.05, 0.1) is 34.2 Å². The Kier molecular flexibility index (Phi) is 5.63. The van der Waals surface area contributed by atoms with Crippen molar-refractivity contribution in [3.63, 3.8) is 0 Å². The summed E-state index contributed by atoms with van der Waals surface area (Å²) in [4.78, 5) is 0. The van der Waals surface area contributed by atoms with E-state index in [9.17, 15) is 10.3 Å². The molecular formula is C21H23NO6. The van der Waals surface area contributed by atoms with E-state index in [-0.39, 0.29) is 5.75 Å². The van der Waals surface area contributed by atoms with Crippen molar-refractivity contribution in [1.29, 1.82) is 0 Å². The van der Waals surface area contributed by atoms with Gasteiger partial charge in [-0.1, -0.05) is 11.2 Å². The molecule has 3 rings (SSSR count). The third kappa shape index (κ3) is 3.31. The van der Waals surface area contributed by atoms with Crippen LogP contribution in [-0.4, -0.2) is 44.5 Å².